The first-order valence-electron chi connectivity index (χ1n) is 7.94. The first-order chi connectivity index (χ1) is 11.8. The number of halogens is 1. The molecule has 0 radical (unpaired) electrons. The summed E-state index contributed by atoms with van der Waals surface area (Å²) in [5.74, 6) is 2.30. The fourth-order valence-electron chi connectivity index (χ4n) is 3.01. The first kappa shape index (κ1) is 17.0. The fourth-order valence-corrected chi connectivity index (χ4v) is 3.09. The number of fused-ring (bicyclic) bond motifs is 1. The molecule has 0 saturated carbocycles. The summed E-state index contributed by atoms with van der Waals surface area (Å²) in [6.07, 6.45) is 1.60. The molecule has 0 atom stereocenters. The monoisotopic (exact) mass is 351 g/mol. The summed E-state index contributed by atoms with van der Waals surface area (Å²) in [6, 6.07) is 3.84. The number of aromatic nitrogens is 2. The number of hydrogen-bond donors (Lipinski definition) is 1. The van der Waals surface area contributed by atoms with Gasteiger partial charge in [0.15, 0.2) is 11.5 Å². The molecule has 8 heteroatoms. The molecule has 1 N–H and O–H groups in total. The zero-order valence-corrected chi connectivity index (χ0v) is 14.7. The molecule has 1 fully saturated rings. The maximum absolute atomic E-state index is 5.54. The van der Waals surface area contributed by atoms with Gasteiger partial charge in [-0.25, -0.2) is 14.8 Å². The molecule has 130 valence electrons. The van der Waals surface area contributed by atoms with Crippen LogP contribution in [0, 0.1) is 0 Å². The Balaban J connectivity index is 1.85. The lowest BCUT2D eigenvalue weighted by Crippen LogP contribution is -2.48. The number of hydrogen-bond acceptors (Lipinski definition) is 7. The molecule has 1 saturated heterocycles. The second kappa shape index (κ2) is 7.83. The highest BCUT2D eigenvalue weighted by Crippen LogP contribution is 2.34. The van der Waals surface area contributed by atoms with Gasteiger partial charge in [0.1, 0.15) is 12.1 Å². The van der Waals surface area contributed by atoms with Gasteiger partial charge in [0, 0.05) is 50.7 Å². The van der Waals surface area contributed by atoms with E-state index < -0.39 is 0 Å². The molecule has 0 spiro atoms. The van der Waals surface area contributed by atoms with Crippen LogP contribution in [0.25, 0.3) is 10.9 Å². The van der Waals surface area contributed by atoms with E-state index in [2.05, 4.69) is 24.6 Å². The van der Waals surface area contributed by atoms with Gasteiger partial charge in [-0.2, -0.15) is 0 Å². The van der Waals surface area contributed by atoms with Crippen LogP contribution in [0.3, 0.4) is 0 Å². The molecule has 3 rings (SSSR count). The lowest BCUT2D eigenvalue weighted by molar-refractivity contribution is 0.262. The smallest absolute Gasteiger partial charge is 0.162 e. The molecule has 0 unspecified atom stereocenters. The van der Waals surface area contributed by atoms with Crippen molar-refractivity contribution in [2.24, 2.45) is 0 Å². The second-order valence-corrected chi connectivity index (χ2v) is 5.90. The van der Waals surface area contributed by atoms with E-state index in [1.807, 2.05) is 12.1 Å². The SMILES string of the molecule is COc1cc2ncnc(N3CCN(CCNCl)CC3)c2cc1OC. The number of nitrogens with zero attached hydrogens (tertiary/aromatic N) is 4. The first-order valence-corrected chi connectivity index (χ1v) is 8.32. The van der Waals surface area contributed by atoms with Crippen molar-refractivity contribution in [1.29, 1.82) is 0 Å². The van der Waals surface area contributed by atoms with E-state index in [0.29, 0.717) is 11.5 Å². The fraction of sp³-hybridized carbons (Fsp3) is 0.500. The molecule has 0 bridgehead atoms. The Morgan fingerprint density at radius 3 is 2.46 bits per heavy atom. The predicted octanol–water partition coefficient (Wildman–Crippen LogP) is 1.51. The minimum atomic E-state index is 0.674. The molecular formula is C16H22ClN5O2. The van der Waals surface area contributed by atoms with Crippen LogP contribution in [0.15, 0.2) is 18.5 Å². The molecule has 7 nitrogen and oxygen atoms in total. The number of ether oxygens (including phenoxy) is 2. The van der Waals surface area contributed by atoms with Crippen LogP contribution in [-0.4, -0.2) is 68.4 Å². The number of methoxy groups -OCH3 is 2. The predicted molar refractivity (Wildman–Crippen MR) is 95.2 cm³/mol. The van der Waals surface area contributed by atoms with Gasteiger partial charge >= 0.3 is 0 Å². The Hall–Kier alpha value is -1.83. The van der Waals surface area contributed by atoms with Crippen LogP contribution in [-0.2, 0) is 0 Å². The normalized spacial score (nSPS) is 15.7. The van der Waals surface area contributed by atoms with E-state index in [4.69, 9.17) is 21.3 Å². The van der Waals surface area contributed by atoms with Crippen LogP contribution in [0.4, 0.5) is 5.82 Å². The summed E-state index contributed by atoms with van der Waals surface area (Å²) in [6.45, 7) is 5.54. The van der Waals surface area contributed by atoms with Gasteiger partial charge in [-0.15, -0.1) is 0 Å². The Kier molecular flexibility index (Phi) is 5.55. The third-order valence-corrected chi connectivity index (χ3v) is 4.50. The van der Waals surface area contributed by atoms with Gasteiger partial charge in [0.25, 0.3) is 0 Å². The zero-order valence-electron chi connectivity index (χ0n) is 14.0. The summed E-state index contributed by atoms with van der Waals surface area (Å²) < 4.78 is 10.8. The maximum Gasteiger partial charge on any atom is 0.162 e. The summed E-state index contributed by atoms with van der Waals surface area (Å²) in [5, 5.41) is 0.978. The van der Waals surface area contributed by atoms with Crippen LogP contribution >= 0.6 is 11.8 Å². The molecule has 2 aromatic rings. The van der Waals surface area contributed by atoms with E-state index in [1.165, 1.54) is 0 Å². The highest BCUT2D eigenvalue weighted by atomic mass is 35.5. The van der Waals surface area contributed by atoms with Gasteiger partial charge in [-0.3, -0.25) is 4.90 Å². The van der Waals surface area contributed by atoms with Crippen LogP contribution in [0.2, 0.25) is 0 Å². The summed E-state index contributed by atoms with van der Waals surface area (Å²) in [5.41, 5.74) is 0.853. The van der Waals surface area contributed by atoms with Gasteiger partial charge in [0.05, 0.1) is 19.7 Å². The minimum Gasteiger partial charge on any atom is -0.493 e. The van der Waals surface area contributed by atoms with E-state index in [0.717, 1.165) is 56.0 Å². The molecule has 1 aromatic carbocycles. The molecule has 0 amide bonds. The Labute approximate surface area is 146 Å². The standard InChI is InChI=1S/C16H22ClN5O2/c1-23-14-9-12-13(10-15(14)24-2)18-11-19-16(12)22-7-5-21(6-8-22)4-3-20-17/h9-11,20H,3-8H2,1-2H3. The van der Waals surface area contributed by atoms with Crippen molar-refractivity contribution in [1.82, 2.24) is 19.7 Å². The van der Waals surface area contributed by atoms with Crippen molar-refractivity contribution in [3.63, 3.8) is 0 Å². The van der Waals surface area contributed by atoms with Crippen molar-refractivity contribution >= 4 is 28.5 Å². The van der Waals surface area contributed by atoms with Crippen molar-refractivity contribution in [2.45, 2.75) is 0 Å². The van der Waals surface area contributed by atoms with E-state index in [-0.39, 0.29) is 0 Å². The van der Waals surface area contributed by atoms with Gasteiger partial charge < -0.3 is 14.4 Å². The van der Waals surface area contributed by atoms with Crippen molar-refractivity contribution in [2.75, 3.05) is 58.4 Å². The summed E-state index contributed by atoms with van der Waals surface area (Å²) in [7, 11) is 3.26. The van der Waals surface area contributed by atoms with Crippen molar-refractivity contribution in [3.8, 4) is 11.5 Å². The molecule has 24 heavy (non-hydrogen) atoms. The summed E-state index contributed by atoms with van der Waals surface area (Å²) in [4.78, 5) is 16.2. The van der Waals surface area contributed by atoms with Crippen molar-refractivity contribution in [3.05, 3.63) is 18.5 Å². The highest BCUT2D eigenvalue weighted by Gasteiger charge is 2.20. The third kappa shape index (κ3) is 3.48. The number of nitrogens with one attached hydrogen (secondary N) is 1. The molecule has 1 aromatic heterocycles. The average Bonchev–Trinajstić information content (AvgIpc) is 2.65. The molecule has 2 heterocycles. The van der Waals surface area contributed by atoms with E-state index >= 15 is 0 Å². The van der Waals surface area contributed by atoms with Crippen LogP contribution < -0.4 is 19.2 Å². The Morgan fingerprint density at radius 1 is 1.08 bits per heavy atom. The lowest BCUT2D eigenvalue weighted by Gasteiger charge is -2.35. The maximum atomic E-state index is 5.54. The highest BCUT2D eigenvalue weighted by molar-refractivity contribution is 6.13. The Morgan fingerprint density at radius 2 is 1.79 bits per heavy atom. The van der Waals surface area contributed by atoms with Crippen molar-refractivity contribution < 1.29 is 9.47 Å². The Bertz CT molecular complexity index is 691. The second-order valence-electron chi connectivity index (χ2n) is 5.63. The minimum absolute atomic E-state index is 0.674. The number of anilines is 1. The summed E-state index contributed by atoms with van der Waals surface area (Å²) >= 11 is 5.54. The third-order valence-electron chi connectivity index (χ3n) is 4.31. The van der Waals surface area contributed by atoms with Gasteiger partial charge in [-0.1, -0.05) is 0 Å². The number of rotatable bonds is 6. The number of benzene rings is 1. The van der Waals surface area contributed by atoms with Crippen LogP contribution in [0.5, 0.6) is 11.5 Å². The zero-order chi connectivity index (χ0) is 16.9. The molecular weight excluding hydrogens is 330 g/mol. The molecule has 1 aliphatic heterocycles. The number of piperazine rings is 1. The topological polar surface area (TPSA) is 62.8 Å². The van der Waals surface area contributed by atoms with Gasteiger partial charge in [0.2, 0.25) is 0 Å². The van der Waals surface area contributed by atoms with E-state index in [1.54, 1.807) is 20.5 Å². The molecule has 1 aliphatic rings. The largest absolute Gasteiger partial charge is 0.493 e. The van der Waals surface area contributed by atoms with Gasteiger partial charge in [-0.05, 0) is 17.8 Å². The quantitative estimate of drug-likeness (QED) is 0.791. The van der Waals surface area contributed by atoms with E-state index in [9.17, 15) is 0 Å². The average molecular weight is 352 g/mol. The van der Waals surface area contributed by atoms with Crippen LogP contribution in [0.1, 0.15) is 0 Å². The lowest BCUT2D eigenvalue weighted by atomic mass is 10.2. The molecule has 0 aliphatic carbocycles.